The third kappa shape index (κ3) is 3.77. The lowest BCUT2D eigenvalue weighted by Gasteiger charge is -2.15. The number of hydrogen-bond donors (Lipinski definition) is 1. The zero-order valence-electron chi connectivity index (χ0n) is 14.8. The number of likely N-dealkylation sites (tertiary alicyclic amines) is 1. The maximum Gasteiger partial charge on any atom is 0.274 e. The van der Waals surface area contributed by atoms with Gasteiger partial charge in [-0.2, -0.15) is 0 Å². The summed E-state index contributed by atoms with van der Waals surface area (Å²) < 4.78 is 10.4. The molecule has 136 valence electrons. The Morgan fingerprint density at radius 1 is 1.00 bits per heavy atom. The van der Waals surface area contributed by atoms with Gasteiger partial charge in [0.2, 0.25) is 0 Å². The molecule has 0 spiro atoms. The van der Waals surface area contributed by atoms with Crippen LogP contribution in [0.25, 0.3) is 0 Å². The smallest absolute Gasteiger partial charge is 0.274 e. The van der Waals surface area contributed by atoms with Crippen LogP contribution in [-0.2, 0) is 0 Å². The highest BCUT2D eigenvalue weighted by molar-refractivity contribution is 6.04. The van der Waals surface area contributed by atoms with E-state index in [1.54, 1.807) is 48.4 Å². The zero-order chi connectivity index (χ0) is 18.5. The van der Waals surface area contributed by atoms with Crippen LogP contribution in [0.4, 0.5) is 5.69 Å². The van der Waals surface area contributed by atoms with E-state index in [1.807, 2.05) is 0 Å². The van der Waals surface area contributed by atoms with Gasteiger partial charge in [-0.05, 0) is 37.1 Å². The first-order valence-corrected chi connectivity index (χ1v) is 8.42. The average molecular weight is 355 g/mol. The summed E-state index contributed by atoms with van der Waals surface area (Å²) >= 11 is 0. The maximum atomic E-state index is 12.5. The zero-order valence-corrected chi connectivity index (χ0v) is 14.8. The SMILES string of the molecule is COc1ccc(NC(=O)c2cccc(C(=O)N3CCCC3)n2)cc1OC. The minimum absolute atomic E-state index is 0.136. The van der Waals surface area contributed by atoms with E-state index < -0.39 is 5.91 Å². The molecule has 0 radical (unpaired) electrons. The van der Waals surface area contributed by atoms with Gasteiger partial charge >= 0.3 is 0 Å². The van der Waals surface area contributed by atoms with Crippen molar-refractivity contribution >= 4 is 17.5 Å². The van der Waals surface area contributed by atoms with Crippen molar-refractivity contribution < 1.29 is 19.1 Å². The van der Waals surface area contributed by atoms with Gasteiger partial charge in [0.1, 0.15) is 11.4 Å². The number of amides is 2. The molecule has 1 saturated heterocycles. The van der Waals surface area contributed by atoms with E-state index in [-0.39, 0.29) is 17.3 Å². The van der Waals surface area contributed by atoms with Crippen molar-refractivity contribution in [2.75, 3.05) is 32.6 Å². The van der Waals surface area contributed by atoms with Gasteiger partial charge in [0.25, 0.3) is 11.8 Å². The summed E-state index contributed by atoms with van der Waals surface area (Å²) in [5.41, 5.74) is 1.02. The fraction of sp³-hybridized carbons (Fsp3) is 0.316. The van der Waals surface area contributed by atoms with Crippen LogP contribution in [-0.4, -0.2) is 49.0 Å². The van der Waals surface area contributed by atoms with Crippen molar-refractivity contribution in [2.24, 2.45) is 0 Å². The fourth-order valence-electron chi connectivity index (χ4n) is 2.87. The second-order valence-electron chi connectivity index (χ2n) is 5.93. The van der Waals surface area contributed by atoms with Gasteiger partial charge in [-0.3, -0.25) is 9.59 Å². The molecule has 26 heavy (non-hydrogen) atoms. The van der Waals surface area contributed by atoms with E-state index in [0.29, 0.717) is 17.2 Å². The maximum absolute atomic E-state index is 12.5. The molecule has 3 rings (SSSR count). The fourth-order valence-corrected chi connectivity index (χ4v) is 2.87. The molecule has 0 unspecified atom stereocenters. The normalized spacial score (nSPS) is 13.4. The Balaban J connectivity index is 1.76. The monoisotopic (exact) mass is 355 g/mol. The van der Waals surface area contributed by atoms with Crippen molar-refractivity contribution in [2.45, 2.75) is 12.8 Å². The molecule has 1 aromatic heterocycles. The number of nitrogens with zero attached hydrogens (tertiary/aromatic N) is 2. The molecule has 0 saturated carbocycles. The number of aromatic nitrogens is 1. The predicted molar refractivity (Wildman–Crippen MR) is 96.9 cm³/mol. The third-order valence-electron chi connectivity index (χ3n) is 4.24. The van der Waals surface area contributed by atoms with Gasteiger partial charge in [-0.15, -0.1) is 0 Å². The van der Waals surface area contributed by atoms with E-state index in [0.717, 1.165) is 25.9 Å². The molecule has 7 heteroatoms. The topological polar surface area (TPSA) is 80.8 Å². The Morgan fingerprint density at radius 2 is 1.69 bits per heavy atom. The second kappa shape index (κ2) is 7.86. The molecule has 1 fully saturated rings. The largest absolute Gasteiger partial charge is 0.493 e. The van der Waals surface area contributed by atoms with Crippen LogP contribution >= 0.6 is 0 Å². The Kier molecular flexibility index (Phi) is 5.36. The van der Waals surface area contributed by atoms with Crippen LogP contribution in [0, 0.1) is 0 Å². The van der Waals surface area contributed by atoms with Crippen molar-refractivity contribution in [1.82, 2.24) is 9.88 Å². The predicted octanol–water partition coefficient (Wildman–Crippen LogP) is 2.59. The quantitative estimate of drug-likeness (QED) is 0.892. The van der Waals surface area contributed by atoms with E-state index in [4.69, 9.17) is 9.47 Å². The van der Waals surface area contributed by atoms with Crippen LogP contribution < -0.4 is 14.8 Å². The number of carbonyl (C=O) groups excluding carboxylic acids is 2. The summed E-state index contributed by atoms with van der Waals surface area (Å²) in [6, 6.07) is 9.95. The van der Waals surface area contributed by atoms with Crippen molar-refractivity contribution in [3.63, 3.8) is 0 Å². The standard InChI is InChI=1S/C19H21N3O4/c1-25-16-9-8-13(12-17(16)26-2)20-18(23)14-6-5-7-15(21-14)19(24)22-10-3-4-11-22/h5-9,12H,3-4,10-11H2,1-2H3,(H,20,23). The lowest BCUT2D eigenvalue weighted by Crippen LogP contribution is -2.29. The number of rotatable bonds is 5. The molecule has 1 aromatic carbocycles. The van der Waals surface area contributed by atoms with Crippen LogP contribution in [0.5, 0.6) is 11.5 Å². The third-order valence-corrected chi connectivity index (χ3v) is 4.24. The second-order valence-corrected chi connectivity index (χ2v) is 5.93. The highest BCUT2D eigenvalue weighted by atomic mass is 16.5. The summed E-state index contributed by atoms with van der Waals surface area (Å²) in [4.78, 5) is 30.9. The first-order valence-electron chi connectivity index (χ1n) is 8.42. The summed E-state index contributed by atoms with van der Waals surface area (Å²) in [5.74, 6) is 0.551. The molecule has 2 amide bonds. The number of methoxy groups -OCH3 is 2. The van der Waals surface area contributed by atoms with Crippen LogP contribution in [0.1, 0.15) is 33.8 Å². The molecule has 1 aliphatic heterocycles. The summed E-state index contributed by atoms with van der Waals surface area (Å²) in [5, 5.41) is 2.76. The number of anilines is 1. The lowest BCUT2D eigenvalue weighted by molar-refractivity contribution is 0.0787. The molecule has 2 aromatic rings. The van der Waals surface area contributed by atoms with Gasteiger partial charge in [-0.25, -0.2) is 4.98 Å². The Bertz CT molecular complexity index is 816. The highest BCUT2D eigenvalue weighted by Crippen LogP contribution is 2.29. The number of benzene rings is 1. The summed E-state index contributed by atoms with van der Waals surface area (Å²) in [6.45, 7) is 1.48. The van der Waals surface area contributed by atoms with E-state index >= 15 is 0 Å². The van der Waals surface area contributed by atoms with Gasteiger partial charge in [0, 0.05) is 24.8 Å². The van der Waals surface area contributed by atoms with Crippen molar-refractivity contribution in [3.05, 3.63) is 47.8 Å². The molecule has 0 bridgehead atoms. The van der Waals surface area contributed by atoms with Gasteiger partial charge < -0.3 is 19.7 Å². The number of ether oxygens (including phenoxy) is 2. The van der Waals surface area contributed by atoms with Gasteiger partial charge in [0.05, 0.1) is 14.2 Å². The number of pyridine rings is 1. The van der Waals surface area contributed by atoms with Crippen LogP contribution in [0.2, 0.25) is 0 Å². The first-order chi connectivity index (χ1) is 12.6. The molecular weight excluding hydrogens is 334 g/mol. The van der Waals surface area contributed by atoms with Crippen LogP contribution in [0.3, 0.4) is 0 Å². The number of carbonyl (C=O) groups is 2. The molecule has 1 N–H and O–H groups in total. The molecule has 7 nitrogen and oxygen atoms in total. The number of hydrogen-bond acceptors (Lipinski definition) is 5. The molecule has 2 heterocycles. The van der Waals surface area contributed by atoms with Crippen LogP contribution in [0.15, 0.2) is 36.4 Å². The highest BCUT2D eigenvalue weighted by Gasteiger charge is 2.21. The first kappa shape index (κ1) is 17.7. The Morgan fingerprint density at radius 3 is 2.38 bits per heavy atom. The minimum Gasteiger partial charge on any atom is -0.493 e. The van der Waals surface area contributed by atoms with Gasteiger partial charge in [-0.1, -0.05) is 6.07 Å². The lowest BCUT2D eigenvalue weighted by atomic mass is 10.2. The molecule has 0 aliphatic carbocycles. The van der Waals surface area contributed by atoms with Gasteiger partial charge in [0.15, 0.2) is 11.5 Å². The summed E-state index contributed by atoms with van der Waals surface area (Å²) in [6.07, 6.45) is 2.01. The molecule has 1 aliphatic rings. The van der Waals surface area contributed by atoms with Crippen molar-refractivity contribution in [1.29, 1.82) is 0 Å². The summed E-state index contributed by atoms with van der Waals surface area (Å²) in [7, 11) is 3.07. The van der Waals surface area contributed by atoms with E-state index in [9.17, 15) is 9.59 Å². The molecule has 0 atom stereocenters. The van der Waals surface area contributed by atoms with E-state index in [2.05, 4.69) is 10.3 Å². The van der Waals surface area contributed by atoms with Crippen molar-refractivity contribution in [3.8, 4) is 11.5 Å². The Labute approximate surface area is 151 Å². The average Bonchev–Trinajstić information content (AvgIpc) is 3.22. The molecular formula is C19H21N3O4. The minimum atomic E-state index is -0.395. The Hall–Kier alpha value is -3.09. The van der Waals surface area contributed by atoms with E-state index in [1.165, 1.54) is 7.11 Å². The number of nitrogens with one attached hydrogen (secondary N) is 1.